The van der Waals surface area contributed by atoms with E-state index in [0.29, 0.717) is 50.7 Å². The molecule has 1 saturated carbocycles. The second-order valence-electron chi connectivity index (χ2n) is 11.2. The molecule has 2 heterocycles. The second kappa shape index (κ2) is 10.1. The van der Waals surface area contributed by atoms with Gasteiger partial charge in [-0.15, -0.1) is 0 Å². The highest BCUT2D eigenvalue weighted by molar-refractivity contribution is 6.30. The first-order chi connectivity index (χ1) is 16.6. The van der Waals surface area contributed by atoms with E-state index in [1.165, 1.54) is 4.90 Å². The lowest BCUT2D eigenvalue weighted by atomic mass is 9.72. The number of likely N-dealkylation sites (tertiary alicyclic amines) is 1. The number of ether oxygens (including phenoxy) is 1. The fraction of sp³-hybridized carbons (Fsp3) is 0.667. The molecule has 0 aromatic heterocycles. The number of benzene rings is 1. The summed E-state index contributed by atoms with van der Waals surface area (Å²) in [7, 11) is 1.68. The molecule has 0 bridgehead atoms. The summed E-state index contributed by atoms with van der Waals surface area (Å²) in [5.74, 6) is 0.0169. The number of ketones is 1. The zero-order valence-electron chi connectivity index (χ0n) is 21.3. The van der Waals surface area contributed by atoms with Crippen molar-refractivity contribution in [2.45, 2.75) is 57.9 Å². The summed E-state index contributed by atoms with van der Waals surface area (Å²) in [5, 5.41) is 4.01. The van der Waals surface area contributed by atoms with Crippen molar-refractivity contribution in [1.29, 1.82) is 0 Å². The molecular formula is C27H38ClN3O4. The number of nitrogens with zero attached hydrogens (tertiary/aromatic N) is 2. The molecule has 0 unspecified atom stereocenters. The predicted octanol–water partition coefficient (Wildman–Crippen LogP) is 4.10. The van der Waals surface area contributed by atoms with Crippen LogP contribution >= 0.6 is 11.6 Å². The largest absolute Gasteiger partial charge is 0.449 e. The van der Waals surface area contributed by atoms with Crippen molar-refractivity contribution >= 4 is 29.4 Å². The number of likely N-dealkylation sites (N-methyl/N-ethyl adjacent to an activating group) is 1. The smallest absolute Gasteiger partial charge is 0.410 e. The van der Waals surface area contributed by atoms with Crippen molar-refractivity contribution < 1.29 is 19.1 Å². The number of hydrogen-bond acceptors (Lipinski definition) is 5. The molecule has 2 saturated heterocycles. The summed E-state index contributed by atoms with van der Waals surface area (Å²) in [4.78, 5) is 43.8. The van der Waals surface area contributed by atoms with Crippen LogP contribution in [0.15, 0.2) is 24.3 Å². The summed E-state index contributed by atoms with van der Waals surface area (Å²) in [6.45, 7) is 8.40. The SMILES string of the molecule is CC(C)COC(=O)N(C)[C@]1(C(=O)C2CCN(C(=O)C3(C)CC3)CC2)CNC[C@H]1c1ccc(Cl)cc1. The minimum atomic E-state index is -1.07. The number of halogens is 1. The fourth-order valence-corrected chi connectivity index (χ4v) is 5.67. The molecule has 1 aromatic carbocycles. The van der Waals surface area contributed by atoms with Gasteiger partial charge in [0.2, 0.25) is 5.91 Å². The molecule has 1 aliphatic carbocycles. The summed E-state index contributed by atoms with van der Waals surface area (Å²) in [6.07, 6.45) is 2.65. The number of carbonyl (C=O) groups excluding carboxylic acids is 3. The molecule has 1 N–H and O–H groups in total. The van der Waals surface area contributed by atoms with E-state index >= 15 is 0 Å². The number of amides is 2. The maximum atomic E-state index is 14.3. The van der Waals surface area contributed by atoms with Crippen molar-refractivity contribution in [3.63, 3.8) is 0 Å². The highest BCUT2D eigenvalue weighted by Crippen LogP contribution is 2.47. The number of Topliss-reactive ketones (excluding diaryl/α,β-unsaturated/α-hetero) is 1. The van der Waals surface area contributed by atoms with Gasteiger partial charge in [-0.05, 0) is 49.3 Å². The molecule has 4 rings (SSSR count). The van der Waals surface area contributed by atoms with Crippen molar-refractivity contribution in [2.24, 2.45) is 17.3 Å². The normalized spacial score (nSPS) is 26.0. The zero-order valence-corrected chi connectivity index (χ0v) is 22.1. The van der Waals surface area contributed by atoms with E-state index < -0.39 is 11.6 Å². The van der Waals surface area contributed by atoms with Gasteiger partial charge in [-0.1, -0.05) is 44.5 Å². The molecule has 3 aliphatic rings. The molecule has 8 heteroatoms. The average molecular weight is 504 g/mol. The van der Waals surface area contributed by atoms with E-state index in [1.54, 1.807) is 7.05 Å². The summed E-state index contributed by atoms with van der Waals surface area (Å²) < 4.78 is 5.57. The van der Waals surface area contributed by atoms with Crippen LogP contribution in [0.1, 0.15) is 57.9 Å². The van der Waals surface area contributed by atoms with Crippen molar-refractivity contribution in [2.75, 3.05) is 39.8 Å². The minimum Gasteiger partial charge on any atom is -0.449 e. The summed E-state index contributed by atoms with van der Waals surface area (Å²) in [5.41, 5.74) is -0.306. The minimum absolute atomic E-state index is 0.0520. The van der Waals surface area contributed by atoms with Crippen molar-refractivity contribution in [3.05, 3.63) is 34.9 Å². The molecule has 2 aliphatic heterocycles. The van der Waals surface area contributed by atoms with E-state index in [2.05, 4.69) is 5.32 Å². The average Bonchev–Trinajstić information content (AvgIpc) is 3.45. The molecule has 0 radical (unpaired) electrons. The third-order valence-electron chi connectivity index (χ3n) is 8.10. The molecule has 35 heavy (non-hydrogen) atoms. The first-order valence-corrected chi connectivity index (χ1v) is 13.2. The Morgan fingerprint density at radius 3 is 2.37 bits per heavy atom. The van der Waals surface area contributed by atoms with Crippen LogP contribution in [0, 0.1) is 17.3 Å². The number of nitrogens with one attached hydrogen (secondary N) is 1. The fourth-order valence-electron chi connectivity index (χ4n) is 5.54. The molecular weight excluding hydrogens is 466 g/mol. The Morgan fingerprint density at radius 1 is 1.17 bits per heavy atom. The molecule has 7 nitrogen and oxygen atoms in total. The Labute approximate surface area is 213 Å². The van der Waals surface area contributed by atoms with Gasteiger partial charge in [0, 0.05) is 55.5 Å². The van der Waals surface area contributed by atoms with Gasteiger partial charge in [-0.2, -0.15) is 0 Å². The van der Waals surface area contributed by atoms with Crippen molar-refractivity contribution in [3.8, 4) is 0 Å². The molecule has 192 valence electrons. The van der Waals surface area contributed by atoms with Gasteiger partial charge in [-0.25, -0.2) is 4.79 Å². The first kappa shape index (κ1) is 26.0. The highest BCUT2D eigenvalue weighted by Gasteiger charge is 2.56. The van der Waals surface area contributed by atoms with E-state index in [-0.39, 0.29) is 34.9 Å². The zero-order chi connectivity index (χ0) is 25.4. The Balaban J connectivity index is 1.59. The molecule has 0 spiro atoms. The first-order valence-electron chi connectivity index (χ1n) is 12.8. The second-order valence-corrected chi connectivity index (χ2v) is 11.6. The lowest BCUT2D eigenvalue weighted by Gasteiger charge is -2.44. The molecule has 1 aromatic rings. The maximum Gasteiger partial charge on any atom is 0.410 e. The predicted molar refractivity (Wildman–Crippen MR) is 135 cm³/mol. The van der Waals surface area contributed by atoms with Crippen LogP contribution < -0.4 is 5.32 Å². The Kier molecular flexibility index (Phi) is 7.49. The van der Waals surface area contributed by atoms with E-state index in [1.807, 2.05) is 49.9 Å². The topological polar surface area (TPSA) is 79.0 Å². The number of rotatable bonds is 7. The van der Waals surface area contributed by atoms with Crippen LogP contribution in [-0.4, -0.2) is 73.0 Å². The van der Waals surface area contributed by atoms with Gasteiger partial charge in [0.05, 0.1) is 6.61 Å². The van der Waals surface area contributed by atoms with Crippen LogP contribution in [0.4, 0.5) is 4.79 Å². The standard InChI is InChI=1S/C27H38ClN3O4/c1-18(2)16-35-25(34)30(4)27(17-29-15-22(27)19-5-7-21(28)8-6-19)23(32)20-9-13-31(14-10-20)24(33)26(3)11-12-26/h5-8,18,20,22,29H,9-17H2,1-4H3/t22-,27+/m0/s1. The third-order valence-corrected chi connectivity index (χ3v) is 8.35. The van der Waals surface area contributed by atoms with Crippen molar-refractivity contribution in [1.82, 2.24) is 15.1 Å². The van der Waals surface area contributed by atoms with E-state index in [4.69, 9.17) is 16.3 Å². The van der Waals surface area contributed by atoms with Crippen LogP contribution in [0.5, 0.6) is 0 Å². The number of piperidine rings is 1. The lowest BCUT2D eigenvalue weighted by molar-refractivity contribution is -0.142. The maximum absolute atomic E-state index is 14.3. The Hall–Kier alpha value is -2.12. The van der Waals surface area contributed by atoms with Gasteiger partial charge < -0.3 is 15.0 Å². The van der Waals surface area contributed by atoms with Gasteiger partial charge in [-0.3, -0.25) is 14.5 Å². The third kappa shape index (κ3) is 5.08. The molecule has 2 atom stereocenters. The number of hydrogen-bond donors (Lipinski definition) is 1. The van der Waals surface area contributed by atoms with E-state index in [9.17, 15) is 14.4 Å². The monoisotopic (exact) mass is 503 g/mol. The van der Waals surface area contributed by atoms with Crippen LogP contribution in [0.3, 0.4) is 0 Å². The Morgan fingerprint density at radius 2 is 1.80 bits per heavy atom. The Bertz CT molecular complexity index is 954. The number of carbonyl (C=O) groups is 3. The molecule has 2 amide bonds. The molecule has 3 fully saturated rings. The van der Waals surface area contributed by atoms with Crippen LogP contribution in [0.2, 0.25) is 5.02 Å². The van der Waals surface area contributed by atoms with Gasteiger partial charge >= 0.3 is 6.09 Å². The quantitative estimate of drug-likeness (QED) is 0.606. The summed E-state index contributed by atoms with van der Waals surface area (Å²) in [6, 6.07) is 7.52. The van der Waals surface area contributed by atoms with Crippen LogP contribution in [0.25, 0.3) is 0 Å². The summed E-state index contributed by atoms with van der Waals surface area (Å²) >= 11 is 6.13. The van der Waals surface area contributed by atoms with E-state index in [0.717, 1.165) is 18.4 Å². The highest BCUT2D eigenvalue weighted by atomic mass is 35.5. The van der Waals surface area contributed by atoms with Crippen LogP contribution in [-0.2, 0) is 14.3 Å². The van der Waals surface area contributed by atoms with Gasteiger partial charge in [0.15, 0.2) is 5.78 Å². The lowest BCUT2D eigenvalue weighted by Crippen LogP contribution is -2.62. The van der Waals surface area contributed by atoms with Gasteiger partial charge in [0.1, 0.15) is 5.54 Å². The van der Waals surface area contributed by atoms with Gasteiger partial charge in [0.25, 0.3) is 0 Å².